The average molecular weight is 943 g/mol. The minimum Gasteiger partial charge on any atom is -0.478 e. The van der Waals surface area contributed by atoms with Crippen molar-refractivity contribution in [1.29, 1.82) is 0 Å². The molecule has 16 heteroatoms. The molecule has 2 aliphatic heterocycles. The first-order valence-electron chi connectivity index (χ1n) is 21.7. The van der Waals surface area contributed by atoms with Gasteiger partial charge in [-0.25, -0.2) is 38.4 Å². The summed E-state index contributed by atoms with van der Waals surface area (Å²) < 4.78 is 21.6. The monoisotopic (exact) mass is 942 g/mol. The Balaban J connectivity index is 1.13. The molecule has 0 bridgehead atoms. The van der Waals surface area contributed by atoms with Crippen molar-refractivity contribution in [3.05, 3.63) is 211 Å². The Morgan fingerprint density at radius 2 is 0.757 bits per heavy atom. The topological polar surface area (TPSA) is 248 Å². The molecule has 4 atom stereocenters. The van der Waals surface area contributed by atoms with Gasteiger partial charge in [0.05, 0.1) is 44.5 Å². The highest BCUT2D eigenvalue weighted by molar-refractivity contribution is 6.19. The summed E-state index contributed by atoms with van der Waals surface area (Å²) in [6.07, 6.45) is -2.67. The first-order chi connectivity index (χ1) is 33.5. The van der Waals surface area contributed by atoms with Gasteiger partial charge in [0.2, 0.25) is 0 Å². The van der Waals surface area contributed by atoms with Crippen LogP contribution in [0.25, 0.3) is 0 Å². The van der Waals surface area contributed by atoms with E-state index in [-0.39, 0.29) is 69.2 Å². The molecule has 16 nitrogen and oxygen atoms in total. The van der Waals surface area contributed by atoms with Crippen LogP contribution in [0.15, 0.2) is 133 Å². The Labute approximate surface area is 397 Å². The molecule has 70 heavy (non-hydrogen) atoms. The molecule has 8 rings (SSSR count). The van der Waals surface area contributed by atoms with Gasteiger partial charge >= 0.3 is 47.8 Å². The van der Waals surface area contributed by atoms with E-state index in [4.69, 9.17) is 9.47 Å². The van der Waals surface area contributed by atoms with Crippen LogP contribution < -0.4 is 0 Å². The summed E-state index contributed by atoms with van der Waals surface area (Å²) in [6, 6.07) is 32.0. The van der Waals surface area contributed by atoms with Crippen molar-refractivity contribution in [2.75, 3.05) is 0 Å². The predicted octanol–water partition coefficient (Wildman–Crippen LogP) is 8.30. The number of carbonyl (C=O) groups is 10. The van der Waals surface area contributed by atoms with Crippen LogP contribution in [0.1, 0.15) is 164 Å². The van der Waals surface area contributed by atoms with Crippen molar-refractivity contribution in [3.8, 4) is 0 Å². The number of rotatable bonds is 17. The first kappa shape index (κ1) is 47.3. The smallest absolute Gasteiger partial charge is 0.346 e. The number of hydrogen-bond donors (Lipinski definition) is 2. The molecule has 0 amide bonds. The maximum absolute atomic E-state index is 14.4. The molecule has 2 N–H and O–H groups in total. The van der Waals surface area contributed by atoms with E-state index >= 15 is 0 Å². The number of fused-ring (bicyclic) bond motifs is 2. The van der Waals surface area contributed by atoms with Crippen LogP contribution in [0.5, 0.6) is 0 Å². The second-order valence-corrected chi connectivity index (χ2v) is 16.6. The lowest BCUT2D eigenvalue weighted by molar-refractivity contribution is -0.0445. The van der Waals surface area contributed by atoms with Crippen molar-refractivity contribution >= 4 is 59.3 Å². The van der Waals surface area contributed by atoms with Crippen LogP contribution >= 0.6 is 0 Å². The number of hydrogen-bond acceptors (Lipinski definition) is 14. The van der Waals surface area contributed by atoms with Gasteiger partial charge in [0, 0.05) is 22.3 Å². The number of carbonyl (C=O) groups excluding carboxylic acids is 8. The van der Waals surface area contributed by atoms with E-state index in [1.54, 1.807) is 24.3 Å². The zero-order valence-corrected chi connectivity index (χ0v) is 37.0. The normalized spacial score (nSPS) is 14.3. The fraction of sp³-hybridized carbons (Fsp3) is 0.148. The van der Waals surface area contributed by atoms with E-state index in [1.807, 2.05) is 50.2 Å². The quantitative estimate of drug-likeness (QED) is 0.0378. The number of ether oxygens (including phenoxy) is 4. The van der Waals surface area contributed by atoms with Crippen LogP contribution in [-0.4, -0.2) is 81.7 Å². The predicted molar refractivity (Wildman–Crippen MR) is 243 cm³/mol. The Hall–Kier alpha value is -9.18. The van der Waals surface area contributed by atoms with Crippen LogP contribution in [0, 0.1) is 0 Å². The Bertz CT molecular complexity index is 2990. The summed E-state index contributed by atoms with van der Waals surface area (Å²) in [4.78, 5) is 130. The number of cyclic esters (lactones) is 4. The molecule has 6 aromatic carbocycles. The molecule has 0 saturated carbocycles. The van der Waals surface area contributed by atoms with E-state index in [0.717, 1.165) is 47.5 Å². The summed E-state index contributed by atoms with van der Waals surface area (Å²) in [5.74, 6) is -11.4. The van der Waals surface area contributed by atoms with E-state index < -0.39 is 93.8 Å². The number of aromatic carboxylic acids is 2. The number of carboxylic acid groups (broad SMARTS) is 2. The lowest BCUT2D eigenvalue weighted by Crippen LogP contribution is -2.38. The van der Waals surface area contributed by atoms with Crippen molar-refractivity contribution in [2.24, 2.45) is 0 Å². The van der Waals surface area contributed by atoms with Gasteiger partial charge in [-0.3, -0.25) is 9.59 Å². The van der Waals surface area contributed by atoms with Gasteiger partial charge in [0.1, 0.15) is 12.2 Å². The highest BCUT2D eigenvalue weighted by atomic mass is 16.6. The maximum atomic E-state index is 14.4. The Kier molecular flexibility index (Phi) is 13.2. The third kappa shape index (κ3) is 9.64. The zero-order valence-electron chi connectivity index (χ0n) is 37.0. The van der Waals surface area contributed by atoms with Gasteiger partial charge in [-0.2, -0.15) is 0 Å². The molecular weight excluding hydrogens is 905 g/mol. The largest absolute Gasteiger partial charge is 0.478 e. The van der Waals surface area contributed by atoms with Crippen LogP contribution in [0.4, 0.5) is 0 Å². The SMILES string of the molecule is CC(CC(OC(=O)c1ccc(C(=O)c2ccc3c(c2)C(=O)OC3=O)cc1C(=O)O)C(CC(C)c1ccccc1)OC(=O)c1ccc(C(=O)c2ccc3c(c2)C(=O)OC3=O)cc1C(=O)O)c1ccccc1. The molecule has 0 aliphatic carbocycles. The summed E-state index contributed by atoms with van der Waals surface area (Å²) >= 11 is 0. The average Bonchev–Trinajstić information content (AvgIpc) is 3.82. The van der Waals surface area contributed by atoms with Gasteiger partial charge in [-0.05, 0) is 84.3 Å². The molecule has 0 fully saturated rings. The van der Waals surface area contributed by atoms with Crippen LogP contribution in [-0.2, 0) is 18.9 Å². The number of carboxylic acids is 2. The summed E-state index contributed by atoms with van der Waals surface area (Å²) in [5.41, 5.74) is -1.43. The second-order valence-electron chi connectivity index (χ2n) is 16.6. The fourth-order valence-corrected chi connectivity index (χ4v) is 8.35. The number of ketones is 2. The maximum Gasteiger partial charge on any atom is 0.346 e. The minimum atomic E-state index is -1.60. The lowest BCUT2D eigenvalue weighted by atomic mass is 9.88. The van der Waals surface area contributed by atoms with E-state index in [1.165, 1.54) is 36.4 Å². The summed E-state index contributed by atoms with van der Waals surface area (Å²) in [5, 5.41) is 20.7. The molecule has 2 heterocycles. The first-order valence-corrected chi connectivity index (χ1v) is 21.7. The molecule has 2 aliphatic rings. The Morgan fingerprint density at radius 1 is 0.429 bits per heavy atom. The van der Waals surface area contributed by atoms with Gasteiger partial charge in [-0.15, -0.1) is 0 Å². The van der Waals surface area contributed by atoms with E-state index in [0.29, 0.717) is 0 Å². The summed E-state index contributed by atoms with van der Waals surface area (Å²) in [7, 11) is 0. The standard InChI is InChI=1S/C54H38O16/c1-27(29-9-5-3-6-10-29)21-43(67-49(61)35-17-13-31(23-39(35)47(57)58)45(55)33-15-19-37-41(25-33)53(65)69-51(37)63)44(22-28(2)30-11-7-4-8-12-30)68-50(62)36-18-14-32(24-40(36)48(59)60)46(56)34-16-20-38-42(26-34)54(66)70-52(38)64/h3-20,23-28,43-44H,21-22H2,1-2H3,(H,57,58)(H,59,60). The lowest BCUT2D eigenvalue weighted by Gasteiger charge is -2.31. The van der Waals surface area contributed by atoms with Crippen molar-refractivity contribution in [1.82, 2.24) is 0 Å². The van der Waals surface area contributed by atoms with Crippen molar-refractivity contribution in [2.45, 2.75) is 50.7 Å². The van der Waals surface area contributed by atoms with Gasteiger partial charge in [0.15, 0.2) is 11.6 Å². The third-order valence-corrected chi connectivity index (χ3v) is 12.1. The highest BCUT2D eigenvalue weighted by Crippen LogP contribution is 2.33. The molecule has 6 aromatic rings. The fourth-order valence-electron chi connectivity index (χ4n) is 8.35. The zero-order chi connectivity index (χ0) is 50.0. The molecule has 0 saturated heterocycles. The van der Waals surface area contributed by atoms with Crippen molar-refractivity contribution < 1.29 is 77.1 Å². The van der Waals surface area contributed by atoms with Crippen LogP contribution in [0.2, 0.25) is 0 Å². The second kappa shape index (κ2) is 19.6. The molecule has 0 aromatic heterocycles. The minimum absolute atomic E-state index is 0.00338. The van der Waals surface area contributed by atoms with E-state index in [9.17, 15) is 58.2 Å². The van der Waals surface area contributed by atoms with Crippen molar-refractivity contribution in [3.63, 3.8) is 0 Å². The molecule has 0 radical (unpaired) electrons. The molecule has 0 spiro atoms. The Morgan fingerprint density at radius 3 is 1.11 bits per heavy atom. The van der Waals surface area contributed by atoms with Gasteiger partial charge in [-0.1, -0.05) is 98.8 Å². The van der Waals surface area contributed by atoms with Gasteiger partial charge < -0.3 is 29.2 Å². The third-order valence-electron chi connectivity index (χ3n) is 12.1. The summed E-state index contributed by atoms with van der Waals surface area (Å²) in [6.45, 7) is 3.68. The van der Waals surface area contributed by atoms with Crippen LogP contribution in [0.3, 0.4) is 0 Å². The van der Waals surface area contributed by atoms with E-state index in [2.05, 4.69) is 9.47 Å². The molecule has 4 unspecified atom stereocenters. The number of benzene rings is 6. The number of esters is 6. The molecular formula is C54H38O16. The highest BCUT2D eigenvalue weighted by Gasteiger charge is 2.36. The molecule has 350 valence electrons. The van der Waals surface area contributed by atoms with Gasteiger partial charge in [0.25, 0.3) is 0 Å².